The second-order valence-corrected chi connectivity index (χ2v) is 7.45. The highest BCUT2D eigenvalue weighted by Crippen LogP contribution is 2.24. The minimum absolute atomic E-state index is 0.156. The van der Waals surface area contributed by atoms with Gasteiger partial charge in [-0.2, -0.15) is 5.10 Å². The van der Waals surface area contributed by atoms with Gasteiger partial charge >= 0.3 is 0 Å². The fourth-order valence-electron chi connectivity index (χ4n) is 4.05. The largest absolute Gasteiger partial charge is 0.371 e. The Kier molecular flexibility index (Phi) is 5.22. The average molecular weight is 357 g/mol. The molecule has 1 aromatic heterocycles. The third kappa shape index (κ3) is 3.91. The van der Waals surface area contributed by atoms with Gasteiger partial charge in [-0.1, -0.05) is 0 Å². The maximum absolute atomic E-state index is 13.3. The van der Waals surface area contributed by atoms with Crippen LogP contribution in [0.15, 0.2) is 24.3 Å². The number of rotatable bonds is 4. The van der Waals surface area contributed by atoms with Crippen LogP contribution in [0, 0.1) is 12.7 Å². The molecule has 2 aromatic rings. The molecular weight excluding hydrogens is 329 g/mol. The fraction of sp³-hybridized carbons (Fsp3) is 0.550. The molecule has 26 heavy (non-hydrogen) atoms. The highest BCUT2D eigenvalue weighted by Gasteiger charge is 2.21. The van der Waals surface area contributed by atoms with Gasteiger partial charge in [-0.15, -0.1) is 0 Å². The third-order valence-electron chi connectivity index (χ3n) is 5.51. The lowest BCUT2D eigenvalue weighted by Crippen LogP contribution is -2.42. The Labute approximate surface area is 154 Å². The monoisotopic (exact) mass is 357 g/mol. The lowest BCUT2D eigenvalue weighted by atomic mass is 10.0. The number of hydrogen-bond acceptors (Lipinski definition) is 4. The first-order valence-corrected chi connectivity index (χ1v) is 9.70. The molecular formula is C20H28FN5. The summed E-state index contributed by atoms with van der Waals surface area (Å²) in [7, 11) is 0. The summed E-state index contributed by atoms with van der Waals surface area (Å²) in [5.41, 5.74) is 4.61. The van der Waals surface area contributed by atoms with Gasteiger partial charge in [0.1, 0.15) is 5.82 Å². The van der Waals surface area contributed by atoms with Crippen LogP contribution in [0.1, 0.15) is 36.2 Å². The van der Waals surface area contributed by atoms with Gasteiger partial charge in [0.25, 0.3) is 0 Å². The zero-order valence-electron chi connectivity index (χ0n) is 15.5. The molecule has 0 bridgehead atoms. The van der Waals surface area contributed by atoms with Gasteiger partial charge < -0.3 is 15.5 Å². The zero-order chi connectivity index (χ0) is 17.9. The molecule has 6 heteroatoms. The average Bonchev–Trinajstić information content (AvgIpc) is 2.90. The summed E-state index contributed by atoms with van der Waals surface area (Å²) in [6.07, 6.45) is 3.35. The van der Waals surface area contributed by atoms with Gasteiger partial charge in [-0.3, -0.25) is 4.68 Å². The van der Waals surface area contributed by atoms with Crippen LogP contribution < -0.4 is 15.5 Å². The number of benzene rings is 1. The molecule has 0 atom stereocenters. The normalized spacial score (nSPS) is 18.6. The van der Waals surface area contributed by atoms with E-state index in [2.05, 4.69) is 26.3 Å². The maximum atomic E-state index is 13.3. The summed E-state index contributed by atoms with van der Waals surface area (Å²) < 4.78 is 15.5. The van der Waals surface area contributed by atoms with E-state index < -0.39 is 0 Å². The molecule has 1 aromatic carbocycles. The number of nitrogens with zero attached hydrogens (tertiary/aromatic N) is 3. The molecule has 3 heterocycles. The van der Waals surface area contributed by atoms with Crippen molar-refractivity contribution in [2.24, 2.45) is 0 Å². The molecule has 0 aliphatic carbocycles. The highest BCUT2D eigenvalue weighted by molar-refractivity contribution is 5.53. The van der Waals surface area contributed by atoms with Crippen LogP contribution in [-0.4, -0.2) is 35.5 Å². The Hall–Kier alpha value is -1.92. The van der Waals surface area contributed by atoms with Gasteiger partial charge in [0.15, 0.2) is 0 Å². The van der Waals surface area contributed by atoms with E-state index in [-0.39, 0.29) is 5.82 Å². The van der Waals surface area contributed by atoms with Crippen LogP contribution in [0.25, 0.3) is 0 Å². The van der Waals surface area contributed by atoms with Gasteiger partial charge in [-0.05, 0) is 62.6 Å². The fourth-order valence-corrected chi connectivity index (χ4v) is 4.05. The van der Waals surface area contributed by atoms with E-state index in [0.29, 0.717) is 6.04 Å². The Balaban J connectivity index is 1.29. The number of piperidine rings is 1. The summed E-state index contributed by atoms with van der Waals surface area (Å²) in [4.78, 5) is 2.37. The van der Waals surface area contributed by atoms with Gasteiger partial charge in [0.05, 0.1) is 11.4 Å². The summed E-state index contributed by atoms with van der Waals surface area (Å²) in [5, 5.41) is 11.9. The molecule has 0 saturated carbocycles. The minimum atomic E-state index is -0.156. The first kappa shape index (κ1) is 17.5. The Morgan fingerprint density at radius 1 is 1.23 bits per heavy atom. The van der Waals surface area contributed by atoms with Crippen LogP contribution in [0.5, 0.6) is 0 Å². The van der Waals surface area contributed by atoms with Crippen LogP contribution in [0.4, 0.5) is 10.1 Å². The minimum Gasteiger partial charge on any atom is -0.371 e. The molecule has 1 saturated heterocycles. The number of hydrogen-bond donors (Lipinski definition) is 2. The second kappa shape index (κ2) is 7.76. The molecule has 1 fully saturated rings. The van der Waals surface area contributed by atoms with Gasteiger partial charge in [-0.25, -0.2) is 4.39 Å². The molecule has 2 N–H and O–H groups in total. The van der Waals surface area contributed by atoms with Crippen LogP contribution in [0.2, 0.25) is 0 Å². The van der Waals surface area contributed by atoms with Crippen molar-refractivity contribution in [1.82, 2.24) is 20.4 Å². The molecule has 140 valence electrons. The molecule has 0 amide bonds. The van der Waals surface area contributed by atoms with Gasteiger partial charge in [0, 0.05) is 44.5 Å². The molecule has 2 aliphatic rings. The van der Waals surface area contributed by atoms with Gasteiger partial charge in [0.2, 0.25) is 0 Å². The number of halogens is 1. The first-order chi connectivity index (χ1) is 12.7. The molecule has 0 unspecified atom stereocenters. The van der Waals surface area contributed by atoms with Crippen molar-refractivity contribution in [3.05, 3.63) is 47.0 Å². The van der Waals surface area contributed by atoms with Crippen molar-refractivity contribution in [2.45, 2.75) is 51.9 Å². The van der Waals surface area contributed by atoms with Crippen LogP contribution >= 0.6 is 0 Å². The van der Waals surface area contributed by atoms with Crippen molar-refractivity contribution >= 4 is 5.69 Å². The smallest absolute Gasteiger partial charge is 0.123 e. The summed E-state index contributed by atoms with van der Waals surface area (Å²) in [6, 6.07) is 7.83. The number of aryl methyl sites for hydroxylation is 2. The van der Waals surface area contributed by atoms with E-state index in [1.807, 2.05) is 13.0 Å². The third-order valence-corrected chi connectivity index (χ3v) is 5.51. The van der Waals surface area contributed by atoms with Crippen molar-refractivity contribution < 1.29 is 4.39 Å². The Morgan fingerprint density at radius 2 is 2.08 bits per heavy atom. The Bertz CT molecular complexity index is 725. The standard InChI is InChI=1S/C20H28FN5/c1-15-11-16(21)3-4-20(15)25-9-5-17(6-10-25)23-13-18-12-19-14-22-7-2-8-26(19)24-18/h3-4,11-12,17,22-23H,2,5-10,13-14H2,1H3. The second-order valence-electron chi connectivity index (χ2n) is 7.45. The van der Waals surface area contributed by atoms with E-state index >= 15 is 0 Å². The van der Waals surface area contributed by atoms with E-state index in [1.165, 1.54) is 5.69 Å². The summed E-state index contributed by atoms with van der Waals surface area (Å²) in [6.45, 7) is 7.84. The Morgan fingerprint density at radius 3 is 2.88 bits per heavy atom. The number of nitrogens with one attached hydrogen (secondary N) is 2. The van der Waals surface area contributed by atoms with Crippen molar-refractivity contribution in [2.75, 3.05) is 24.5 Å². The number of anilines is 1. The number of aromatic nitrogens is 2. The number of fused-ring (bicyclic) bond motifs is 1. The van der Waals surface area contributed by atoms with Crippen LogP contribution in [-0.2, 0) is 19.6 Å². The highest BCUT2D eigenvalue weighted by atomic mass is 19.1. The van der Waals surface area contributed by atoms with E-state index in [9.17, 15) is 4.39 Å². The first-order valence-electron chi connectivity index (χ1n) is 9.70. The molecule has 0 radical (unpaired) electrons. The maximum Gasteiger partial charge on any atom is 0.123 e. The van der Waals surface area contributed by atoms with E-state index in [0.717, 1.165) is 75.5 Å². The van der Waals surface area contributed by atoms with Crippen molar-refractivity contribution in [1.29, 1.82) is 0 Å². The van der Waals surface area contributed by atoms with E-state index in [1.54, 1.807) is 12.1 Å². The SMILES string of the molecule is Cc1cc(F)ccc1N1CCC(NCc2cc3n(n2)CCCNC3)CC1. The molecule has 2 aliphatic heterocycles. The van der Waals surface area contributed by atoms with Crippen molar-refractivity contribution in [3.8, 4) is 0 Å². The van der Waals surface area contributed by atoms with E-state index in [4.69, 9.17) is 5.10 Å². The predicted molar refractivity (Wildman–Crippen MR) is 102 cm³/mol. The lowest BCUT2D eigenvalue weighted by molar-refractivity contribution is 0.410. The molecule has 5 nitrogen and oxygen atoms in total. The van der Waals surface area contributed by atoms with Crippen molar-refractivity contribution in [3.63, 3.8) is 0 Å². The topological polar surface area (TPSA) is 45.1 Å². The molecule has 0 spiro atoms. The lowest BCUT2D eigenvalue weighted by Gasteiger charge is -2.34. The zero-order valence-corrected chi connectivity index (χ0v) is 15.5. The predicted octanol–water partition coefficient (Wildman–Crippen LogP) is 2.58. The van der Waals surface area contributed by atoms with Crippen LogP contribution in [0.3, 0.4) is 0 Å². The summed E-state index contributed by atoms with van der Waals surface area (Å²) >= 11 is 0. The quantitative estimate of drug-likeness (QED) is 0.883. The molecule has 4 rings (SSSR count). The summed E-state index contributed by atoms with van der Waals surface area (Å²) in [5.74, 6) is -0.156.